The van der Waals surface area contributed by atoms with Crippen molar-refractivity contribution in [2.24, 2.45) is 11.7 Å². The monoisotopic (exact) mass is 297 g/mol. The molecule has 2 fully saturated rings. The van der Waals surface area contributed by atoms with E-state index < -0.39 is 10.2 Å². The average Bonchev–Trinajstić information content (AvgIpc) is 2.83. The molecular weight excluding hydrogens is 274 g/mol. The van der Waals surface area contributed by atoms with E-state index in [1.165, 1.54) is 0 Å². The molecule has 108 valence electrons. The lowest BCUT2D eigenvalue weighted by Crippen LogP contribution is -2.47. The smallest absolute Gasteiger partial charge is 0.281 e. The van der Waals surface area contributed by atoms with Crippen LogP contribution in [0.25, 0.3) is 0 Å². The van der Waals surface area contributed by atoms with Gasteiger partial charge in [0.15, 0.2) is 0 Å². The summed E-state index contributed by atoms with van der Waals surface area (Å²) in [5, 5.41) is 0. The zero-order valence-electron chi connectivity index (χ0n) is 10.9. The highest BCUT2D eigenvalue weighted by atomic mass is 35.5. The fourth-order valence-corrected chi connectivity index (χ4v) is 4.43. The second-order valence-corrected chi connectivity index (χ2v) is 7.14. The van der Waals surface area contributed by atoms with E-state index in [2.05, 4.69) is 0 Å². The largest absolute Gasteiger partial charge is 0.328 e. The molecule has 0 radical (unpaired) electrons. The van der Waals surface area contributed by atoms with Crippen LogP contribution in [0.1, 0.15) is 32.6 Å². The first-order chi connectivity index (χ1) is 8.01. The minimum atomic E-state index is -3.19. The van der Waals surface area contributed by atoms with Gasteiger partial charge in [-0.25, -0.2) is 0 Å². The van der Waals surface area contributed by atoms with Crippen molar-refractivity contribution in [3.63, 3.8) is 0 Å². The van der Waals surface area contributed by atoms with Gasteiger partial charge in [-0.05, 0) is 38.5 Å². The van der Waals surface area contributed by atoms with Gasteiger partial charge in [-0.2, -0.15) is 17.0 Å². The molecule has 2 heterocycles. The maximum absolute atomic E-state index is 12.3. The zero-order chi connectivity index (χ0) is 12.5. The van der Waals surface area contributed by atoms with Gasteiger partial charge in [-0.15, -0.1) is 12.4 Å². The summed E-state index contributed by atoms with van der Waals surface area (Å²) in [6.07, 6.45) is 3.78. The molecule has 0 saturated carbocycles. The molecule has 0 aromatic heterocycles. The van der Waals surface area contributed by atoms with Crippen LogP contribution in [0.5, 0.6) is 0 Å². The van der Waals surface area contributed by atoms with Crippen molar-refractivity contribution in [2.75, 3.05) is 26.2 Å². The number of piperidine rings is 1. The summed E-state index contributed by atoms with van der Waals surface area (Å²) in [6.45, 7) is 4.65. The van der Waals surface area contributed by atoms with Crippen molar-refractivity contribution >= 4 is 22.6 Å². The third kappa shape index (κ3) is 3.36. The Hall–Kier alpha value is 0.120. The van der Waals surface area contributed by atoms with Gasteiger partial charge in [-0.1, -0.05) is 0 Å². The van der Waals surface area contributed by atoms with Gasteiger partial charge in [0.2, 0.25) is 0 Å². The van der Waals surface area contributed by atoms with E-state index in [9.17, 15) is 8.42 Å². The van der Waals surface area contributed by atoms with E-state index in [1.807, 2.05) is 6.92 Å². The first-order valence-electron chi connectivity index (χ1n) is 6.52. The number of nitrogens with zero attached hydrogens (tertiary/aromatic N) is 2. The van der Waals surface area contributed by atoms with Crippen molar-refractivity contribution in [2.45, 2.75) is 38.6 Å². The third-order valence-corrected chi connectivity index (χ3v) is 6.00. The fourth-order valence-electron chi connectivity index (χ4n) is 2.71. The highest BCUT2D eigenvalue weighted by Gasteiger charge is 2.34. The highest BCUT2D eigenvalue weighted by Crippen LogP contribution is 2.24. The lowest BCUT2D eigenvalue weighted by molar-refractivity contribution is 0.239. The van der Waals surface area contributed by atoms with Gasteiger partial charge in [0.05, 0.1) is 0 Å². The minimum absolute atomic E-state index is 0. The summed E-state index contributed by atoms with van der Waals surface area (Å²) >= 11 is 0. The van der Waals surface area contributed by atoms with Crippen LogP contribution in [0.4, 0.5) is 0 Å². The Morgan fingerprint density at radius 2 is 1.50 bits per heavy atom. The number of halogens is 1. The summed E-state index contributed by atoms with van der Waals surface area (Å²) in [4.78, 5) is 0. The molecule has 5 nitrogen and oxygen atoms in total. The van der Waals surface area contributed by atoms with E-state index in [1.54, 1.807) is 8.61 Å². The van der Waals surface area contributed by atoms with E-state index in [4.69, 9.17) is 5.73 Å². The Balaban J connectivity index is 0.00000162. The second-order valence-electron chi connectivity index (χ2n) is 5.21. The van der Waals surface area contributed by atoms with Crippen LogP contribution in [-0.2, 0) is 10.2 Å². The van der Waals surface area contributed by atoms with E-state index in [0.29, 0.717) is 32.1 Å². The van der Waals surface area contributed by atoms with Crippen LogP contribution >= 0.6 is 12.4 Å². The average molecular weight is 298 g/mol. The molecule has 1 atom stereocenters. The maximum atomic E-state index is 12.3. The number of hydrogen-bond donors (Lipinski definition) is 1. The molecule has 2 aliphatic rings. The van der Waals surface area contributed by atoms with Gasteiger partial charge in [0, 0.05) is 32.2 Å². The van der Waals surface area contributed by atoms with Crippen molar-refractivity contribution in [1.82, 2.24) is 8.61 Å². The molecular formula is C11H24ClN3O2S. The first kappa shape index (κ1) is 16.2. The molecule has 0 bridgehead atoms. The maximum Gasteiger partial charge on any atom is 0.281 e. The molecule has 18 heavy (non-hydrogen) atoms. The Kier molecular flexibility index (Phi) is 5.86. The van der Waals surface area contributed by atoms with Crippen LogP contribution in [-0.4, -0.2) is 49.2 Å². The van der Waals surface area contributed by atoms with Crippen LogP contribution in [0.2, 0.25) is 0 Å². The highest BCUT2D eigenvalue weighted by molar-refractivity contribution is 7.86. The lowest BCUT2D eigenvalue weighted by atomic mass is 9.92. The van der Waals surface area contributed by atoms with Gasteiger partial charge < -0.3 is 5.73 Å². The van der Waals surface area contributed by atoms with Gasteiger partial charge in [-0.3, -0.25) is 0 Å². The topological polar surface area (TPSA) is 66.6 Å². The molecule has 2 saturated heterocycles. The van der Waals surface area contributed by atoms with Crippen LogP contribution in [0, 0.1) is 5.92 Å². The molecule has 2 aliphatic heterocycles. The normalized spacial score (nSPS) is 25.9. The van der Waals surface area contributed by atoms with Crippen molar-refractivity contribution < 1.29 is 8.42 Å². The predicted octanol–water partition coefficient (Wildman–Crippen LogP) is 0.808. The fraction of sp³-hybridized carbons (Fsp3) is 1.00. The Morgan fingerprint density at radius 3 is 1.94 bits per heavy atom. The summed E-state index contributed by atoms with van der Waals surface area (Å²) in [6, 6.07) is 0.173. The quantitative estimate of drug-likeness (QED) is 0.838. The summed E-state index contributed by atoms with van der Waals surface area (Å²) in [5.41, 5.74) is 5.87. The van der Waals surface area contributed by atoms with Gasteiger partial charge in [0.25, 0.3) is 10.2 Å². The van der Waals surface area contributed by atoms with Crippen LogP contribution < -0.4 is 5.73 Å². The van der Waals surface area contributed by atoms with E-state index >= 15 is 0 Å². The molecule has 7 heteroatoms. The van der Waals surface area contributed by atoms with Crippen LogP contribution in [0.3, 0.4) is 0 Å². The predicted molar refractivity (Wildman–Crippen MR) is 74.9 cm³/mol. The van der Waals surface area contributed by atoms with Gasteiger partial charge in [0.1, 0.15) is 0 Å². The number of hydrogen-bond acceptors (Lipinski definition) is 3. The molecule has 0 aliphatic carbocycles. The van der Waals surface area contributed by atoms with Crippen LogP contribution in [0.15, 0.2) is 0 Å². The molecule has 0 amide bonds. The molecule has 0 aromatic carbocycles. The Labute approximate surface area is 116 Å². The zero-order valence-corrected chi connectivity index (χ0v) is 12.5. The van der Waals surface area contributed by atoms with Gasteiger partial charge >= 0.3 is 0 Å². The van der Waals surface area contributed by atoms with Crippen molar-refractivity contribution in [3.8, 4) is 0 Å². The summed E-state index contributed by atoms with van der Waals surface area (Å²) in [7, 11) is -3.19. The Bertz CT molecular complexity index is 347. The van der Waals surface area contributed by atoms with Crippen molar-refractivity contribution in [1.29, 1.82) is 0 Å². The van der Waals surface area contributed by atoms with Crippen molar-refractivity contribution in [3.05, 3.63) is 0 Å². The SMILES string of the molecule is CC(N)C1CCN(S(=O)(=O)N2CCCC2)CC1.Cl. The number of rotatable bonds is 3. The molecule has 0 aromatic rings. The lowest BCUT2D eigenvalue weighted by Gasteiger charge is -2.34. The standard InChI is InChI=1S/C11H23N3O2S.ClH/c1-10(12)11-4-8-14(9-5-11)17(15,16)13-6-2-3-7-13;/h10-11H,2-9,12H2,1H3;1H. The summed E-state index contributed by atoms with van der Waals surface area (Å²) in [5.74, 6) is 0.472. The van der Waals surface area contributed by atoms with E-state index in [-0.39, 0.29) is 18.4 Å². The molecule has 1 unspecified atom stereocenters. The second kappa shape index (κ2) is 6.52. The molecule has 2 rings (SSSR count). The number of nitrogens with two attached hydrogens (primary N) is 1. The Morgan fingerprint density at radius 1 is 1.06 bits per heavy atom. The first-order valence-corrected chi connectivity index (χ1v) is 7.92. The van der Waals surface area contributed by atoms with E-state index in [0.717, 1.165) is 25.7 Å². The minimum Gasteiger partial charge on any atom is -0.328 e. The molecule has 2 N–H and O–H groups in total. The third-order valence-electron chi connectivity index (χ3n) is 3.96. The molecule has 0 spiro atoms. The summed E-state index contributed by atoms with van der Waals surface area (Å²) < 4.78 is 27.8.